The zero-order chi connectivity index (χ0) is 14.4. The van der Waals surface area contributed by atoms with Crippen LogP contribution in [0.4, 0.5) is 0 Å². The summed E-state index contributed by atoms with van der Waals surface area (Å²) >= 11 is 0. The molecule has 1 saturated carbocycles. The average molecular weight is 274 g/mol. The number of aryl methyl sites for hydroxylation is 1. The molecule has 2 rings (SSSR count). The Kier molecular flexibility index (Phi) is 5.51. The van der Waals surface area contributed by atoms with Crippen molar-refractivity contribution in [1.82, 2.24) is 0 Å². The number of rotatable bonds is 6. The van der Waals surface area contributed by atoms with Crippen LogP contribution in [0.15, 0.2) is 24.3 Å². The normalized spacial score (nSPS) is 26.4. The molecular formula is C19H30O. The van der Waals surface area contributed by atoms with Gasteiger partial charge < -0.3 is 4.74 Å². The molecule has 0 spiro atoms. The van der Waals surface area contributed by atoms with Crippen molar-refractivity contribution in [2.75, 3.05) is 7.11 Å². The smallest absolute Gasteiger partial charge is 0.118 e. The van der Waals surface area contributed by atoms with E-state index < -0.39 is 0 Å². The van der Waals surface area contributed by atoms with Gasteiger partial charge in [-0.15, -0.1) is 0 Å². The fraction of sp³-hybridized carbons (Fsp3) is 0.684. The van der Waals surface area contributed by atoms with Crippen molar-refractivity contribution in [2.24, 2.45) is 11.3 Å². The average Bonchev–Trinajstić information content (AvgIpc) is 2.47. The lowest BCUT2D eigenvalue weighted by atomic mass is 9.68. The van der Waals surface area contributed by atoms with E-state index in [1.165, 1.54) is 56.9 Å². The summed E-state index contributed by atoms with van der Waals surface area (Å²) in [5.41, 5.74) is 2.10. The maximum atomic E-state index is 5.21. The third-order valence-electron chi connectivity index (χ3n) is 5.17. The van der Waals surface area contributed by atoms with E-state index >= 15 is 0 Å². The van der Waals surface area contributed by atoms with Gasteiger partial charge in [0.2, 0.25) is 0 Å². The molecule has 0 amide bonds. The molecule has 0 heterocycles. The molecule has 0 aromatic heterocycles. The topological polar surface area (TPSA) is 9.23 Å². The van der Waals surface area contributed by atoms with Crippen molar-refractivity contribution in [3.05, 3.63) is 29.8 Å². The van der Waals surface area contributed by atoms with Crippen molar-refractivity contribution in [3.63, 3.8) is 0 Å². The lowest BCUT2D eigenvalue weighted by molar-refractivity contribution is 0.151. The number of hydrogen-bond acceptors (Lipinski definition) is 1. The Morgan fingerprint density at radius 2 is 1.80 bits per heavy atom. The Hall–Kier alpha value is -0.980. The molecule has 0 N–H and O–H groups in total. The predicted molar refractivity (Wildman–Crippen MR) is 86.3 cm³/mol. The quantitative estimate of drug-likeness (QED) is 0.653. The van der Waals surface area contributed by atoms with Gasteiger partial charge in [-0.3, -0.25) is 0 Å². The maximum Gasteiger partial charge on any atom is 0.118 e. The van der Waals surface area contributed by atoms with Gasteiger partial charge in [0.25, 0.3) is 0 Å². The number of benzene rings is 1. The fourth-order valence-electron chi connectivity index (χ4n) is 3.68. The molecule has 0 bridgehead atoms. The van der Waals surface area contributed by atoms with Crippen LogP contribution in [0.3, 0.4) is 0 Å². The highest BCUT2D eigenvalue weighted by Crippen LogP contribution is 2.43. The highest BCUT2D eigenvalue weighted by Gasteiger charge is 2.29. The number of hydrogen-bond donors (Lipinski definition) is 0. The Morgan fingerprint density at radius 3 is 2.35 bits per heavy atom. The molecule has 1 aromatic rings. The van der Waals surface area contributed by atoms with Gasteiger partial charge in [-0.1, -0.05) is 32.4 Å². The first-order valence-electron chi connectivity index (χ1n) is 8.28. The summed E-state index contributed by atoms with van der Waals surface area (Å²) in [5.74, 6) is 1.91. The minimum atomic E-state index is 0.644. The standard InChI is InChI=1S/C19H30O/c1-4-13-19(2)14-11-17(12-15-19)6-5-16-7-9-18(20-3)10-8-16/h7-10,17H,4-6,11-15H2,1-3H3. The zero-order valence-electron chi connectivity index (χ0n) is 13.5. The minimum Gasteiger partial charge on any atom is -0.497 e. The van der Waals surface area contributed by atoms with Gasteiger partial charge in [-0.2, -0.15) is 0 Å². The lowest BCUT2D eigenvalue weighted by Crippen LogP contribution is -2.24. The van der Waals surface area contributed by atoms with Crippen LogP contribution in [0.5, 0.6) is 5.75 Å². The predicted octanol–water partition coefficient (Wildman–Crippen LogP) is 5.62. The van der Waals surface area contributed by atoms with Gasteiger partial charge in [0.1, 0.15) is 5.75 Å². The molecule has 0 radical (unpaired) electrons. The molecule has 1 aliphatic rings. The van der Waals surface area contributed by atoms with Crippen molar-refractivity contribution in [1.29, 1.82) is 0 Å². The summed E-state index contributed by atoms with van der Waals surface area (Å²) in [6.45, 7) is 4.82. The van der Waals surface area contributed by atoms with Gasteiger partial charge in [0.05, 0.1) is 7.11 Å². The minimum absolute atomic E-state index is 0.644. The summed E-state index contributed by atoms with van der Waals surface area (Å²) in [6, 6.07) is 8.58. The SMILES string of the molecule is CCCC1(C)CCC(CCc2ccc(OC)cc2)CC1. The third-order valence-corrected chi connectivity index (χ3v) is 5.17. The first-order valence-corrected chi connectivity index (χ1v) is 8.28. The summed E-state index contributed by atoms with van der Waals surface area (Å²) in [5, 5.41) is 0. The van der Waals surface area contributed by atoms with E-state index in [2.05, 4.69) is 38.1 Å². The van der Waals surface area contributed by atoms with Crippen LogP contribution in [0.25, 0.3) is 0 Å². The Balaban J connectivity index is 1.75. The first-order chi connectivity index (χ1) is 9.65. The number of ether oxygens (including phenoxy) is 1. The molecule has 112 valence electrons. The van der Waals surface area contributed by atoms with Crippen LogP contribution in [-0.4, -0.2) is 7.11 Å². The van der Waals surface area contributed by atoms with Gasteiger partial charge in [-0.25, -0.2) is 0 Å². The Labute approximate surface area is 124 Å². The molecular weight excluding hydrogens is 244 g/mol. The van der Waals surface area contributed by atoms with Crippen LogP contribution >= 0.6 is 0 Å². The largest absolute Gasteiger partial charge is 0.497 e. The molecule has 0 atom stereocenters. The first kappa shape index (κ1) is 15.4. The second-order valence-electron chi connectivity index (χ2n) is 6.89. The zero-order valence-corrected chi connectivity index (χ0v) is 13.5. The molecule has 1 heteroatoms. The van der Waals surface area contributed by atoms with Crippen molar-refractivity contribution >= 4 is 0 Å². The molecule has 0 unspecified atom stereocenters. The van der Waals surface area contributed by atoms with E-state index in [1.807, 2.05) is 0 Å². The van der Waals surface area contributed by atoms with Gasteiger partial charge in [0.15, 0.2) is 0 Å². The van der Waals surface area contributed by atoms with Crippen LogP contribution in [0, 0.1) is 11.3 Å². The second-order valence-corrected chi connectivity index (χ2v) is 6.89. The molecule has 1 fully saturated rings. The molecule has 1 aliphatic carbocycles. The van der Waals surface area contributed by atoms with E-state index in [1.54, 1.807) is 7.11 Å². The van der Waals surface area contributed by atoms with E-state index in [-0.39, 0.29) is 0 Å². The summed E-state index contributed by atoms with van der Waals surface area (Å²) < 4.78 is 5.21. The summed E-state index contributed by atoms with van der Waals surface area (Å²) in [7, 11) is 1.73. The molecule has 1 nitrogen and oxygen atoms in total. The summed E-state index contributed by atoms with van der Waals surface area (Å²) in [6.07, 6.45) is 11.1. The van der Waals surface area contributed by atoms with Crippen molar-refractivity contribution in [3.8, 4) is 5.75 Å². The Morgan fingerprint density at radius 1 is 1.15 bits per heavy atom. The third kappa shape index (κ3) is 4.26. The van der Waals surface area contributed by atoms with Crippen LogP contribution in [0.1, 0.15) is 64.4 Å². The van der Waals surface area contributed by atoms with E-state index in [0.717, 1.165) is 11.7 Å². The van der Waals surface area contributed by atoms with E-state index in [0.29, 0.717) is 5.41 Å². The van der Waals surface area contributed by atoms with E-state index in [9.17, 15) is 0 Å². The highest BCUT2D eigenvalue weighted by molar-refractivity contribution is 5.27. The van der Waals surface area contributed by atoms with Crippen LogP contribution in [-0.2, 0) is 6.42 Å². The number of methoxy groups -OCH3 is 1. The van der Waals surface area contributed by atoms with Crippen LogP contribution in [0.2, 0.25) is 0 Å². The van der Waals surface area contributed by atoms with Crippen molar-refractivity contribution < 1.29 is 4.74 Å². The van der Waals surface area contributed by atoms with Crippen LogP contribution < -0.4 is 4.74 Å². The maximum absolute atomic E-state index is 5.21. The van der Waals surface area contributed by atoms with Gasteiger partial charge >= 0.3 is 0 Å². The summed E-state index contributed by atoms with van der Waals surface area (Å²) in [4.78, 5) is 0. The second kappa shape index (κ2) is 7.15. The lowest BCUT2D eigenvalue weighted by Gasteiger charge is -2.37. The van der Waals surface area contributed by atoms with Crippen molar-refractivity contribution in [2.45, 2.75) is 65.2 Å². The monoisotopic (exact) mass is 274 g/mol. The van der Waals surface area contributed by atoms with E-state index in [4.69, 9.17) is 4.74 Å². The molecule has 1 aromatic carbocycles. The highest BCUT2D eigenvalue weighted by atomic mass is 16.5. The molecule has 20 heavy (non-hydrogen) atoms. The fourth-order valence-corrected chi connectivity index (χ4v) is 3.68. The van der Waals surface area contributed by atoms with Gasteiger partial charge in [0, 0.05) is 0 Å². The molecule has 0 aliphatic heterocycles. The molecule has 0 saturated heterocycles. The van der Waals surface area contributed by atoms with Gasteiger partial charge in [-0.05, 0) is 74.0 Å². The Bertz CT molecular complexity index is 385.